The molecule has 4 rings (SSSR count). The zero-order valence-electron chi connectivity index (χ0n) is 18.5. The van der Waals surface area contributed by atoms with Crippen molar-refractivity contribution in [1.82, 2.24) is 14.9 Å². The molecule has 0 atom stereocenters. The summed E-state index contributed by atoms with van der Waals surface area (Å²) in [5, 5.41) is 14.1. The molecule has 9 heteroatoms. The van der Waals surface area contributed by atoms with Crippen LogP contribution in [0.4, 0.5) is 30.6 Å². The van der Waals surface area contributed by atoms with Gasteiger partial charge in [0.2, 0.25) is 5.95 Å². The SMILES string of the molecule is C1CCN2CCCCC2C1.CNc1nc(Nc2ccc(C)c(C#N)c2)ncc1C(F)(F)F. The highest BCUT2D eigenvalue weighted by atomic mass is 19.4. The van der Waals surface area contributed by atoms with Crippen LogP contribution in [0.3, 0.4) is 0 Å². The third-order valence-electron chi connectivity index (χ3n) is 5.93. The Labute approximate surface area is 186 Å². The number of rotatable bonds is 3. The first kappa shape index (κ1) is 23.8. The predicted molar refractivity (Wildman–Crippen MR) is 119 cm³/mol. The number of nitriles is 1. The van der Waals surface area contributed by atoms with E-state index in [9.17, 15) is 13.2 Å². The molecule has 0 amide bonds. The molecule has 0 unspecified atom stereocenters. The van der Waals surface area contributed by atoms with E-state index in [4.69, 9.17) is 5.26 Å². The maximum atomic E-state index is 12.8. The summed E-state index contributed by atoms with van der Waals surface area (Å²) < 4.78 is 38.3. The zero-order valence-corrected chi connectivity index (χ0v) is 18.5. The molecule has 1 aromatic heterocycles. The molecule has 2 N–H and O–H groups in total. The van der Waals surface area contributed by atoms with Gasteiger partial charge in [-0.3, -0.25) is 0 Å². The van der Waals surface area contributed by atoms with E-state index in [-0.39, 0.29) is 11.8 Å². The van der Waals surface area contributed by atoms with Crippen LogP contribution in [0.2, 0.25) is 0 Å². The second kappa shape index (κ2) is 10.6. The Kier molecular flexibility index (Phi) is 7.91. The molecule has 3 heterocycles. The number of hydrogen-bond acceptors (Lipinski definition) is 6. The minimum absolute atomic E-state index is 0.00472. The van der Waals surface area contributed by atoms with Gasteiger partial charge in [0.25, 0.3) is 0 Å². The van der Waals surface area contributed by atoms with E-state index in [0.717, 1.165) is 11.6 Å². The Hall–Kier alpha value is -2.86. The van der Waals surface area contributed by atoms with Gasteiger partial charge in [-0.2, -0.15) is 23.4 Å². The van der Waals surface area contributed by atoms with E-state index in [1.165, 1.54) is 58.7 Å². The number of piperidine rings is 2. The molecule has 32 heavy (non-hydrogen) atoms. The molecule has 2 saturated heterocycles. The van der Waals surface area contributed by atoms with Crippen molar-refractivity contribution >= 4 is 17.5 Å². The van der Waals surface area contributed by atoms with E-state index in [1.54, 1.807) is 25.1 Å². The number of hydrogen-bond donors (Lipinski definition) is 2. The molecule has 6 nitrogen and oxygen atoms in total. The minimum Gasteiger partial charge on any atom is -0.372 e. The lowest BCUT2D eigenvalue weighted by Gasteiger charge is -2.39. The van der Waals surface area contributed by atoms with E-state index in [0.29, 0.717) is 17.4 Å². The summed E-state index contributed by atoms with van der Waals surface area (Å²) in [4.78, 5) is 10.2. The maximum absolute atomic E-state index is 12.8. The normalized spacial score (nSPS) is 16.9. The Bertz CT molecular complexity index is 928. The van der Waals surface area contributed by atoms with Gasteiger partial charge in [0, 0.05) is 25.0 Å². The lowest BCUT2D eigenvalue weighted by atomic mass is 9.93. The Morgan fingerprint density at radius 2 is 1.81 bits per heavy atom. The van der Waals surface area contributed by atoms with Crippen molar-refractivity contribution < 1.29 is 13.2 Å². The summed E-state index contributed by atoms with van der Waals surface area (Å²) in [6, 6.07) is 8.02. The Morgan fingerprint density at radius 3 is 2.38 bits per heavy atom. The molecule has 1 aromatic carbocycles. The van der Waals surface area contributed by atoms with Crippen LogP contribution in [0, 0.1) is 18.3 Å². The summed E-state index contributed by atoms with van der Waals surface area (Å²) in [5.74, 6) is -0.317. The molecule has 0 bridgehead atoms. The van der Waals surface area contributed by atoms with Gasteiger partial charge in [0.15, 0.2) is 0 Å². The second-order valence-corrected chi connectivity index (χ2v) is 8.15. The quantitative estimate of drug-likeness (QED) is 0.650. The molecule has 172 valence electrons. The zero-order chi connectivity index (χ0) is 23.1. The van der Waals surface area contributed by atoms with Gasteiger partial charge in [-0.15, -0.1) is 0 Å². The fourth-order valence-electron chi connectivity index (χ4n) is 4.17. The number of aryl methyl sites for hydroxylation is 1. The summed E-state index contributed by atoms with van der Waals surface area (Å²) >= 11 is 0. The van der Waals surface area contributed by atoms with Crippen LogP contribution in [0.25, 0.3) is 0 Å². The molecular weight excluding hydrogens is 417 g/mol. The second-order valence-electron chi connectivity index (χ2n) is 8.15. The van der Waals surface area contributed by atoms with E-state index < -0.39 is 11.7 Å². The monoisotopic (exact) mass is 446 g/mol. The number of benzene rings is 1. The molecule has 0 radical (unpaired) electrons. The van der Waals surface area contributed by atoms with Gasteiger partial charge in [-0.25, -0.2) is 4.98 Å². The lowest BCUT2D eigenvalue weighted by Crippen LogP contribution is -2.42. The average molecular weight is 447 g/mol. The third kappa shape index (κ3) is 6.10. The number of fused-ring (bicyclic) bond motifs is 1. The number of alkyl halides is 3. The summed E-state index contributed by atoms with van der Waals surface area (Å²) in [6.45, 7) is 4.57. The van der Waals surface area contributed by atoms with Crippen molar-refractivity contribution in [3.63, 3.8) is 0 Å². The summed E-state index contributed by atoms with van der Waals surface area (Å²) in [7, 11) is 1.35. The number of halogens is 3. The van der Waals surface area contributed by atoms with Crippen LogP contribution in [0.1, 0.15) is 55.2 Å². The van der Waals surface area contributed by atoms with Crippen LogP contribution in [-0.4, -0.2) is 41.0 Å². The van der Waals surface area contributed by atoms with E-state index >= 15 is 0 Å². The first-order chi connectivity index (χ1) is 15.3. The first-order valence-electron chi connectivity index (χ1n) is 11.0. The van der Waals surface area contributed by atoms with Crippen molar-refractivity contribution in [2.45, 2.75) is 57.7 Å². The fourth-order valence-corrected chi connectivity index (χ4v) is 4.17. The molecule has 2 fully saturated rings. The number of nitrogens with zero attached hydrogens (tertiary/aromatic N) is 4. The topological polar surface area (TPSA) is 76.9 Å². The van der Waals surface area contributed by atoms with Gasteiger partial charge < -0.3 is 15.5 Å². The van der Waals surface area contributed by atoms with Crippen molar-refractivity contribution in [2.75, 3.05) is 30.8 Å². The lowest BCUT2D eigenvalue weighted by molar-refractivity contribution is -0.137. The molecule has 2 aromatic rings. The van der Waals surface area contributed by atoms with Crippen molar-refractivity contribution in [1.29, 1.82) is 5.26 Å². The fraction of sp³-hybridized carbons (Fsp3) is 0.522. The van der Waals surface area contributed by atoms with Crippen LogP contribution in [-0.2, 0) is 6.18 Å². The average Bonchev–Trinajstić information content (AvgIpc) is 2.80. The molecule has 2 aliphatic rings. The van der Waals surface area contributed by atoms with Crippen LogP contribution in [0.15, 0.2) is 24.4 Å². The molecule has 0 saturated carbocycles. The molecular formula is C23H29F3N6. The third-order valence-corrected chi connectivity index (χ3v) is 5.93. The summed E-state index contributed by atoms with van der Waals surface area (Å²) in [6.07, 6.45) is 5.03. The van der Waals surface area contributed by atoms with Gasteiger partial charge in [0.1, 0.15) is 11.4 Å². The molecule has 0 aliphatic carbocycles. The minimum atomic E-state index is -4.53. The van der Waals surface area contributed by atoms with E-state index in [1.807, 2.05) is 6.07 Å². The van der Waals surface area contributed by atoms with Crippen molar-refractivity contribution in [2.24, 2.45) is 0 Å². The summed E-state index contributed by atoms with van der Waals surface area (Å²) in [5.41, 5.74) is 0.842. The molecule has 0 spiro atoms. The Morgan fingerprint density at radius 1 is 1.12 bits per heavy atom. The highest BCUT2D eigenvalue weighted by molar-refractivity contribution is 5.60. The highest BCUT2D eigenvalue weighted by Gasteiger charge is 2.35. The number of aromatic nitrogens is 2. The van der Waals surface area contributed by atoms with Crippen molar-refractivity contribution in [3.8, 4) is 6.07 Å². The number of nitrogens with one attached hydrogen (secondary N) is 2. The smallest absolute Gasteiger partial charge is 0.372 e. The Balaban J connectivity index is 0.000000238. The van der Waals surface area contributed by atoms with E-state index in [2.05, 4.69) is 25.5 Å². The largest absolute Gasteiger partial charge is 0.421 e. The predicted octanol–water partition coefficient (Wildman–Crippen LogP) is 5.49. The van der Waals surface area contributed by atoms with Gasteiger partial charge in [-0.05, 0) is 63.4 Å². The molecule has 2 aliphatic heterocycles. The maximum Gasteiger partial charge on any atom is 0.421 e. The highest BCUT2D eigenvalue weighted by Crippen LogP contribution is 2.34. The van der Waals surface area contributed by atoms with Crippen molar-refractivity contribution in [3.05, 3.63) is 41.1 Å². The van der Waals surface area contributed by atoms with Gasteiger partial charge >= 0.3 is 6.18 Å². The van der Waals surface area contributed by atoms with Crippen LogP contribution < -0.4 is 10.6 Å². The number of anilines is 3. The van der Waals surface area contributed by atoms with Crippen LogP contribution in [0.5, 0.6) is 0 Å². The first-order valence-corrected chi connectivity index (χ1v) is 11.0. The van der Waals surface area contributed by atoms with Gasteiger partial charge in [0.05, 0.1) is 11.6 Å². The standard InChI is InChI=1S/C14H12F3N5.C9H17N/c1-8-3-4-10(5-9(8)6-18)21-13-20-7-11(14(15,16)17)12(19-2)22-13;1-3-7-10-8-4-2-6-9(10)5-1/h3-5,7H,1-2H3,(H2,19,20,21,22);9H,1-8H2. The van der Waals surface area contributed by atoms with Gasteiger partial charge in [-0.1, -0.05) is 18.9 Å². The van der Waals surface area contributed by atoms with Crippen LogP contribution >= 0.6 is 0 Å².